The van der Waals surface area contributed by atoms with E-state index in [1.165, 1.54) is 24.8 Å². The van der Waals surface area contributed by atoms with Crippen LogP contribution >= 0.6 is 24.8 Å². The number of ether oxygens (including phenoxy) is 1. The van der Waals surface area contributed by atoms with Crippen molar-refractivity contribution in [3.8, 4) is 5.75 Å². The highest BCUT2D eigenvalue weighted by atomic mass is 35.5. The average Bonchev–Trinajstić information content (AvgIpc) is 3.30. The Hall–Kier alpha value is -0.480. The molecule has 3 nitrogen and oxygen atoms in total. The molecule has 0 radical (unpaired) electrons. The quantitative estimate of drug-likeness (QED) is 0.895. The molecule has 3 rings (SSSR count). The van der Waals surface area contributed by atoms with Crippen LogP contribution in [-0.2, 0) is 0 Å². The van der Waals surface area contributed by atoms with Crippen LogP contribution in [0.15, 0.2) is 24.3 Å². The Bertz CT molecular complexity index is 420. The van der Waals surface area contributed by atoms with E-state index in [1.54, 1.807) is 7.11 Å². The minimum Gasteiger partial charge on any atom is -0.496 e. The first-order valence-electron chi connectivity index (χ1n) is 7.46. The van der Waals surface area contributed by atoms with Gasteiger partial charge in [-0.2, -0.15) is 0 Å². The number of hydrogen-bond donors (Lipinski definition) is 1. The van der Waals surface area contributed by atoms with Crippen LogP contribution in [0.1, 0.15) is 30.9 Å². The summed E-state index contributed by atoms with van der Waals surface area (Å²) in [6.07, 6.45) is 4.12. The number of para-hydroxylation sites is 1. The van der Waals surface area contributed by atoms with E-state index in [0.29, 0.717) is 6.04 Å². The second-order valence-electron chi connectivity index (χ2n) is 5.72. The first kappa shape index (κ1) is 18.6. The Labute approximate surface area is 140 Å². The molecule has 21 heavy (non-hydrogen) atoms. The standard InChI is InChI=1S/C16H24N2O.2ClH/c1-19-16-5-3-2-4-14(16)15(12-13-6-7-13)18-10-8-17-9-11-18;;/h2-5,13,15,17H,6-12H2,1H3;2*1H/t15-;;/m0../s1. The maximum Gasteiger partial charge on any atom is 0.123 e. The molecule has 1 atom stereocenters. The van der Waals surface area contributed by atoms with Crippen LogP contribution < -0.4 is 10.1 Å². The van der Waals surface area contributed by atoms with E-state index >= 15 is 0 Å². The maximum absolute atomic E-state index is 5.58. The molecule has 0 unspecified atom stereocenters. The Morgan fingerprint density at radius 1 is 1.19 bits per heavy atom. The molecule has 1 aliphatic heterocycles. The molecule has 1 N–H and O–H groups in total. The summed E-state index contributed by atoms with van der Waals surface area (Å²) in [7, 11) is 1.78. The summed E-state index contributed by atoms with van der Waals surface area (Å²) in [5, 5.41) is 3.45. The van der Waals surface area contributed by atoms with Crippen molar-refractivity contribution in [3.05, 3.63) is 29.8 Å². The van der Waals surface area contributed by atoms with E-state index in [0.717, 1.165) is 37.8 Å². The highest BCUT2D eigenvalue weighted by Gasteiger charge is 2.31. The molecule has 1 saturated carbocycles. The van der Waals surface area contributed by atoms with E-state index in [4.69, 9.17) is 4.74 Å². The van der Waals surface area contributed by atoms with E-state index in [2.05, 4.69) is 34.5 Å². The Morgan fingerprint density at radius 2 is 1.86 bits per heavy atom. The number of halogens is 2. The van der Waals surface area contributed by atoms with Crippen LogP contribution in [0.25, 0.3) is 0 Å². The van der Waals surface area contributed by atoms with Crippen molar-refractivity contribution in [2.24, 2.45) is 5.92 Å². The number of methoxy groups -OCH3 is 1. The minimum atomic E-state index is 0. The zero-order valence-electron chi connectivity index (χ0n) is 12.6. The van der Waals surface area contributed by atoms with E-state index < -0.39 is 0 Å². The molecule has 2 fully saturated rings. The Balaban J connectivity index is 0.00000110. The van der Waals surface area contributed by atoms with Gasteiger partial charge in [-0.05, 0) is 18.4 Å². The van der Waals surface area contributed by atoms with Crippen molar-refractivity contribution in [1.82, 2.24) is 10.2 Å². The summed E-state index contributed by atoms with van der Waals surface area (Å²) >= 11 is 0. The predicted octanol–water partition coefficient (Wildman–Crippen LogP) is 3.29. The molecule has 1 aromatic carbocycles. The van der Waals surface area contributed by atoms with Crippen LogP contribution in [-0.4, -0.2) is 38.2 Å². The van der Waals surface area contributed by atoms with E-state index in [1.807, 2.05) is 0 Å². The lowest BCUT2D eigenvalue weighted by Gasteiger charge is -2.36. The molecule has 0 amide bonds. The summed E-state index contributed by atoms with van der Waals surface area (Å²) in [5.74, 6) is 1.98. The van der Waals surface area contributed by atoms with Gasteiger partial charge in [-0.15, -0.1) is 24.8 Å². The number of hydrogen-bond acceptors (Lipinski definition) is 3. The zero-order valence-corrected chi connectivity index (χ0v) is 14.2. The molecule has 1 aliphatic carbocycles. The zero-order chi connectivity index (χ0) is 13.1. The van der Waals surface area contributed by atoms with Gasteiger partial charge in [0.05, 0.1) is 7.11 Å². The van der Waals surface area contributed by atoms with Gasteiger partial charge in [-0.3, -0.25) is 4.90 Å². The van der Waals surface area contributed by atoms with Crippen molar-refractivity contribution in [2.45, 2.75) is 25.3 Å². The van der Waals surface area contributed by atoms with Gasteiger partial charge in [-0.1, -0.05) is 31.0 Å². The van der Waals surface area contributed by atoms with Crippen molar-refractivity contribution in [3.63, 3.8) is 0 Å². The van der Waals surface area contributed by atoms with E-state index in [9.17, 15) is 0 Å². The van der Waals surface area contributed by atoms with Crippen LogP contribution in [0.5, 0.6) is 5.75 Å². The molecule has 5 heteroatoms. The summed E-state index contributed by atoms with van der Waals surface area (Å²) in [5.41, 5.74) is 1.37. The van der Waals surface area contributed by atoms with Crippen molar-refractivity contribution in [1.29, 1.82) is 0 Å². The molecule has 0 aromatic heterocycles. The summed E-state index contributed by atoms with van der Waals surface area (Å²) in [4.78, 5) is 2.63. The van der Waals surface area contributed by atoms with Gasteiger partial charge in [0.1, 0.15) is 5.75 Å². The van der Waals surface area contributed by atoms with Crippen LogP contribution in [0.4, 0.5) is 0 Å². The monoisotopic (exact) mass is 332 g/mol. The normalized spacial score (nSPS) is 20.0. The highest BCUT2D eigenvalue weighted by Crippen LogP contribution is 2.42. The summed E-state index contributed by atoms with van der Waals surface area (Å²) in [6, 6.07) is 9.07. The molecule has 0 spiro atoms. The lowest BCUT2D eigenvalue weighted by Crippen LogP contribution is -2.45. The van der Waals surface area contributed by atoms with Gasteiger partial charge in [0.2, 0.25) is 0 Å². The third kappa shape index (κ3) is 4.75. The van der Waals surface area contributed by atoms with Crippen LogP contribution in [0.2, 0.25) is 0 Å². The molecule has 1 heterocycles. The predicted molar refractivity (Wildman–Crippen MR) is 92.0 cm³/mol. The fraction of sp³-hybridized carbons (Fsp3) is 0.625. The van der Waals surface area contributed by atoms with Gasteiger partial charge in [0.15, 0.2) is 0 Å². The molecule has 2 aliphatic rings. The maximum atomic E-state index is 5.58. The molecule has 1 saturated heterocycles. The second kappa shape index (κ2) is 8.84. The SMILES string of the molecule is COc1ccccc1[C@H](CC1CC1)N1CCNCC1.Cl.Cl. The number of nitrogens with zero attached hydrogens (tertiary/aromatic N) is 1. The molecular weight excluding hydrogens is 307 g/mol. The smallest absolute Gasteiger partial charge is 0.123 e. The van der Waals surface area contributed by atoms with Gasteiger partial charge in [0, 0.05) is 37.8 Å². The van der Waals surface area contributed by atoms with Crippen LogP contribution in [0.3, 0.4) is 0 Å². The molecular formula is C16H26Cl2N2O. The van der Waals surface area contributed by atoms with Crippen molar-refractivity contribution in [2.75, 3.05) is 33.3 Å². The largest absolute Gasteiger partial charge is 0.496 e. The highest BCUT2D eigenvalue weighted by molar-refractivity contribution is 5.85. The minimum absolute atomic E-state index is 0. The molecule has 120 valence electrons. The topological polar surface area (TPSA) is 24.5 Å². The average molecular weight is 333 g/mol. The summed E-state index contributed by atoms with van der Waals surface area (Å²) in [6.45, 7) is 4.51. The second-order valence-corrected chi connectivity index (χ2v) is 5.72. The fourth-order valence-electron chi connectivity index (χ4n) is 3.08. The van der Waals surface area contributed by atoms with Gasteiger partial charge < -0.3 is 10.1 Å². The van der Waals surface area contributed by atoms with E-state index in [-0.39, 0.29) is 24.8 Å². The lowest BCUT2D eigenvalue weighted by molar-refractivity contribution is 0.158. The third-order valence-corrected chi connectivity index (χ3v) is 4.34. The Kier molecular flexibility index (Phi) is 7.82. The first-order chi connectivity index (χ1) is 9.38. The van der Waals surface area contributed by atoms with Crippen molar-refractivity contribution >= 4 is 24.8 Å². The number of rotatable bonds is 5. The fourth-order valence-corrected chi connectivity index (χ4v) is 3.08. The van der Waals surface area contributed by atoms with Crippen molar-refractivity contribution < 1.29 is 4.74 Å². The Morgan fingerprint density at radius 3 is 2.48 bits per heavy atom. The lowest BCUT2D eigenvalue weighted by atomic mass is 9.97. The molecule has 1 aromatic rings. The third-order valence-electron chi connectivity index (χ3n) is 4.34. The summed E-state index contributed by atoms with van der Waals surface area (Å²) < 4.78 is 5.58. The molecule has 0 bridgehead atoms. The van der Waals surface area contributed by atoms with Crippen LogP contribution in [0, 0.1) is 5.92 Å². The number of benzene rings is 1. The first-order valence-corrected chi connectivity index (χ1v) is 7.46. The number of nitrogens with one attached hydrogen (secondary N) is 1. The van der Waals surface area contributed by atoms with Gasteiger partial charge in [0.25, 0.3) is 0 Å². The van der Waals surface area contributed by atoms with Gasteiger partial charge >= 0.3 is 0 Å². The van der Waals surface area contributed by atoms with Gasteiger partial charge in [-0.25, -0.2) is 0 Å². The number of piperazine rings is 1.